The van der Waals surface area contributed by atoms with E-state index < -0.39 is 0 Å². The standard InChI is InChI=1S/C7H14BrNO/c1-6(8)4-9-5-7(2)10-3/h7,9H,1,4-5H2,2-3H3. The van der Waals surface area contributed by atoms with Crippen LogP contribution in [0.4, 0.5) is 0 Å². The van der Waals surface area contributed by atoms with Crippen LogP contribution in [-0.4, -0.2) is 26.3 Å². The highest BCUT2D eigenvalue weighted by Crippen LogP contribution is 1.96. The first-order chi connectivity index (χ1) is 4.66. The summed E-state index contributed by atoms with van der Waals surface area (Å²) in [5.74, 6) is 0. The third kappa shape index (κ3) is 6.26. The zero-order valence-electron chi connectivity index (χ0n) is 6.48. The normalized spacial score (nSPS) is 13.1. The minimum absolute atomic E-state index is 0.270. The van der Waals surface area contributed by atoms with Gasteiger partial charge in [-0.15, -0.1) is 0 Å². The number of hydrogen-bond acceptors (Lipinski definition) is 2. The topological polar surface area (TPSA) is 21.3 Å². The minimum atomic E-state index is 0.270. The molecule has 0 bridgehead atoms. The van der Waals surface area contributed by atoms with Gasteiger partial charge in [-0.2, -0.15) is 0 Å². The van der Waals surface area contributed by atoms with Crippen LogP contribution in [0, 0.1) is 0 Å². The number of halogens is 1. The third-order valence-electron chi connectivity index (χ3n) is 1.15. The molecule has 1 atom stereocenters. The molecule has 0 aromatic heterocycles. The molecule has 3 heteroatoms. The molecule has 1 N–H and O–H groups in total. The lowest BCUT2D eigenvalue weighted by Crippen LogP contribution is -2.26. The van der Waals surface area contributed by atoms with Crippen LogP contribution in [0.2, 0.25) is 0 Å². The molecule has 0 saturated carbocycles. The molecule has 0 radical (unpaired) electrons. The van der Waals surface area contributed by atoms with Gasteiger partial charge in [0.1, 0.15) is 0 Å². The van der Waals surface area contributed by atoms with Crippen molar-refractivity contribution in [2.24, 2.45) is 0 Å². The second-order valence-corrected chi connectivity index (χ2v) is 3.32. The third-order valence-corrected chi connectivity index (χ3v) is 1.43. The molecule has 0 heterocycles. The Balaban J connectivity index is 3.11. The first-order valence-electron chi connectivity index (χ1n) is 3.23. The Morgan fingerprint density at radius 1 is 1.80 bits per heavy atom. The fraction of sp³-hybridized carbons (Fsp3) is 0.714. The zero-order valence-corrected chi connectivity index (χ0v) is 8.07. The van der Waals surface area contributed by atoms with Gasteiger partial charge in [-0.3, -0.25) is 0 Å². The monoisotopic (exact) mass is 207 g/mol. The van der Waals surface area contributed by atoms with E-state index in [-0.39, 0.29) is 6.10 Å². The van der Waals surface area contributed by atoms with E-state index >= 15 is 0 Å². The molecule has 0 spiro atoms. The molecule has 0 aromatic carbocycles. The van der Waals surface area contributed by atoms with Gasteiger partial charge in [-0.05, 0) is 6.92 Å². The van der Waals surface area contributed by atoms with Gasteiger partial charge in [0.15, 0.2) is 0 Å². The average Bonchev–Trinajstić information content (AvgIpc) is 1.87. The van der Waals surface area contributed by atoms with Gasteiger partial charge in [0.05, 0.1) is 6.10 Å². The molecule has 0 amide bonds. The Hall–Kier alpha value is 0.140. The second-order valence-electron chi connectivity index (χ2n) is 2.19. The van der Waals surface area contributed by atoms with Crippen molar-refractivity contribution in [3.8, 4) is 0 Å². The Morgan fingerprint density at radius 2 is 2.40 bits per heavy atom. The Kier molecular flexibility index (Phi) is 5.97. The van der Waals surface area contributed by atoms with Crippen LogP contribution in [0.1, 0.15) is 6.92 Å². The molecule has 0 fully saturated rings. The number of nitrogens with one attached hydrogen (secondary N) is 1. The van der Waals surface area contributed by atoms with Crippen molar-refractivity contribution in [1.82, 2.24) is 5.32 Å². The summed E-state index contributed by atoms with van der Waals surface area (Å²) in [5.41, 5.74) is 0. The molecular weight excluding hydrogens is 194 g/mol. The van der Waals surface area contributed by atoms with Crippen molar-refractivity contribution >= 4 is 15.9 Å². The Bertz CT molecular complexity index is 106. The molecule has 0 rings (SSSR count). The van der Waals surface area contributed by atoms with E-state index in [0.29, 0.717) is 0 Å². The molecule has 0 saturated heterocycles. The molecule has 0 aliphatic heterocycles. The van der Waals surface area contributed by atoms with Gasteiger partial charge in [0.2, 0.25) is 0 Å². The SMILES string of the molecule is C=C(Br)CNCC(C)OC. The first kappa shape index (κ1) is 10.1. The van der Waals surface area contributed by atoms with Gasteiger partial charge in [-0.1, -0.05) is 22.5 Å². The van der Waals surface area contributed by atoms with Gasteiger partial charge in [0, 0.05) is 24.7 Å². The molecule has 60 valence electrons. The van der Waals surface area contributed by atoms with Gasteiger partial charge in [-0.25, -0.2) is 0 Å². The summed E-state index contributed by atoms with van der Waals surface area (Å²) in [7, 11) is 1.70. The maximum Gasteiger partial charge on any atom is 0.0667 e. The van der Waals surface area contributed by atoms with E-state index in [2.05, 4.69) is 27.8 Å². The maximum atomic E-state index is 5.02. The number of rotatable bonds is 5. The van der Waals surface area contributed by atoms with Crippen molar-refractivity contribution in [2.45, 2.75) is 13.0 Å². The summed E-state index contributed by atoms with van der Waals surface area (Å²) >= 11 is 3.25. The molecule has 0 aliphatic carbocycles. The van der Waals surface area contributed by atoms with Crippen molar-refractivity contribution in [3.63, 3.8) is 0 Å². The molecule has 0 aliphatic rings. The van der Waals surface area contributed by atoms with E-state index in [4.69, 9.17) is 4.74 Å². The number of hydrogen-bond donors (Lipinski definition) is 1. The molecule has 2 nitrogen and oxygen atoms in total. The summed E-state index contributed by atoms with van der Waals surface area (Å²) in [6.07, 6.45) is 0.270. The largest absolute Gasteiger partial charge is 0.380 e. The minimum Gasteiger partial charge on any atom is -0.380 e. The van der Waals surface area contributed by atoms with Gasteiger partial charge >= 0.3 is 0 Å². The summed E-state index contributed by atoms with van der Waals surface area (Å²) in [6, 6.07) is 0. The lowest BCUT2D eigenvalue weighted by atomic mass is 10.4. The van der Waals surface area contributed by atoms with E-state index in [1.165, 1.54) is 0 Å². The van der Waals surface area contributed by atoms with Crippen LogP contribution in [0.3, 0.4) is 0 Å². The molecule has 10 heavy (non-hydrogen) atoms. The van der Waals surface area contributed by atoms with Crippen LogP contribution < -0.4 is 5.32 Å². The maximum absolute atomic E-state index is 5.02. The lowest BCUT2D eigenvalue weighted by Gasteiger charge is -2.09. The summed E-state index contributed by atoms with van der Waals surface area (Å²) < 4.78 is 5.99. The number of ether oxygens (including phenoxy) is 1. The second kappa shape index (κ2) is 5.89. The summed E-state index contributed by atoms with van der Waals surface area (Å²) in [4.78, 5) is 0. The van der Waals surface area contributed by atoms with E-state index in [1.54, 1.807) is 7.11 Å². The van der Waals surface area contributed by atoms with Crippen LogP contribution in [0.25, 0.3) is 0 Å². The quantitative estimate of drug-likeness (QED) is 0.739. The van der Waals surface area contributed by atoms with Crippen LogP contribution in [-0.2, 0) is 4.74 Å². The molecular formula is C7H14BrNO. The highest BCUT2D eigenvalue weighted by atomic mass is 79.9. The van der Waals surface area contributed by atoms with E-state index in [0.717, 1.165) is 17.6 Å². The Labute approximate surface area is 70.8 Å². The van der Waals surface area contributed by atoms with Crippen molar-refractivity contribution < 1.29 is 4.74 Å². The summed E-state index contributed by atoms with van der Waals surface area (Å²) in [6.45, 7) is 7.37. The number of methoxy groups -OCH3 is 1. The van der Waals surface area contributed by atoms with Gasteiger partial charge < -0.3 is 10.1 Å². The van der Waals surface area contributed by atoms with Crippen molar-refractivity contribution in [1.29, 1.82) is 0 Å². The van der Waals surface area contributed by atoms with Crippen molar-refractivity contribution in [3.05, 3.63) is 11.1 Å². The van der Waals surface area contributed by atoms with Crippen LogP contribution >= 0.6 is 15.9 Å². The molecule has 1 unspecified atom stereocenters. The van der Waals surface area contributed by atoms with E-state index in [9.17, 15) is 0 Å². The highest BCUT2D eigenvalue weighted by Gasteiger charge is 1.96. The fourth-order valence-electron chi connectivity index (χ4n) is 0.494. The van der Waals surface area contributed by atoms with Crippen molar-refractivity contribution in [2.75, 3.05) is 20.2 Å². The Morgan fingerprint density at radius 3 is 2.80 bits per heavy atom. The highest BCUT2D eigenvalue weighted by molar-refractivity contribution is 9.11. The summed E-state index contributed by atoms with van der Waals surface area (Å²) in [5, 5.41) is 3.16. The van der Waals surface area contributed by atoms with Crippen LogP contribution in [0.15, 0.2) is 11.1 Å². The first-order valence-corrected chi connectivity index (χ1v) is 4.03. The zero-order chi connectivity index (χ0) is 7.98. The predicted molar refractivity (Wildman–Crippen MR) is 47.4 cm³/mol. The van der Waals surface area contributed by atoms with E-state index in [1.807, 2.05) is 6.92 Å². The van der Waals surface area contributed by atoms with Gasteiger partial charge in [0.25, 0.3) is 0 Å². The fourth-order valence-corrected chi connectivity index (χ4v) is 0.693. The lowest BCUT2D eigenvalue weighted by molar-refractivity contribution is 0.118. The van der Waals surface area contributed by atoms with Crippen LogP contribution in [0.5, 0.6) is 0 Å². The smallest absolute Gasteiger partial charge is 0.0667 e. The average molecular weight is 208 g/mol. The predicted octanol–water partition coefficient (Wildman–Crippen LogP) is 1.52. The molecule has 0 aromatic rings.